The second-order valence-corrected chi connectivity index (χ2v) is 26.4. The van der Waals surface area contributed by atoms with Crippen molar-refractivity contribution in [3.63, 3.8) is 0 Å². The van der Waals surface area contributed by atoms with Crippen LogP contribution >= 0.6 is 0 Å². The smallest absolute Gasteiger partial charge is 0.131 e. The monoisotopic (exact) mass is 1310 g/mol. The van der Waals surface area contributed by atoms with E-state index in [-0.39, 0.29) is 23.3 Å². The van der Waals surface area contributed by atoms with Crippen molar-refractivity contribution in [3.05, 3.63) is 335 Å². The van der Waals surface area contributed by atoms with E-state index < -0.39 is 0 Å². The average molecular weight is 1320 g/mol. The molecule has 0 radical (unpaired) electrons. The van der Waals surface area contributed by atoms with Crippen molar-refractivity contribution < 1.29 is 17.6 Å². The van der Waals surface area contributed by atoms with E-state index in [0.29, 0.717) is 22.3 Å². The molecule has 0 nitrogen and oxygen atoms in total. The fourth-order valence-corrected chi connectivity index (χ4v) is 12.1. The van der Waals surface area contributed by atoms with Crippen LogP contribution in [0.25, 0.3) is 89.0 Å². The number of rotatable bonds is 23. The molecule has 506 valence electrons. The van der Waals surface area contributed by atoms with Gasteiger partial charge in [-0.3, -0.25) is 0 Å². The lowest BCUT2D eigenvalue weighted by Gasteiger charge is -2.09. The van der Waals surface area contributed by atoms with Gasteiger partial charge < -0.3 is 0 Å². The van der Waals surface area contributed by atoms with Crippen LogP contribution in [0.2, 0.25) is 0 Å². The Bertz CT molecular complexity index is 4050. The topological polar surface area (TPSA) is 0 Å². The highest BCUT2D eigenvalue weighted by Gasteiger charge is 2.13. The molecule has 0 heterocycles. The normalized spacial score (nSPS) is 10.8. The van der Waals surface area contributed by atoms with Gasteiger partial charge in [-0.1, -0.05) is 326 Å². The molecule has 0 saturated heterocycles. The summed E-state index contributed by atoms with van der Waals surface area (Å²) >= 11 is 0. The molecule has 0 amide bonds. The van der Waals surface area contributed by atoms with E-state index in [0.717, 1.165) is 98.9 Å². The van der Waals surface area contributed by atoms with E-state index in [2.05, 4.69) is 144 Å². The zero-order valence-corrected chi connectivity index (χ0v) is 59.5. The van der Waals surface area contributed by atoms with Crippen LogP contribution < -0.4 is 0 Å². The Labute approximate surface area is 589 Å². The molecule has 0 unspecified atom stereocenters. The lowest BCUT2D eigenvalue weighted by molar-refractivity contribution is 0.631. The maximum Gasteiger partial charge on any atom is 0.131 e. The molecule has 0 aliphatic heterocycles. The largest absolute Gasteiger partial charge is 0.206 e. The third-order valence-corrected chi connectivity index (χ3v) is 18.5. The van der Waals surface area contributed by atoms with Crippen molar-refractivity contribution in [1.82, 2.24) is 0 Å². The predicted octanol–water partition coefficient (Wildman–Crippen LogP) is 28.3. The lowest BCUT2D eigenvalue weighted by atomic mass is 9.97. The number of hydrogen-bond acceptors (Lipinski definition) is 0. The zero-order chi connectivity index (χ0) is 69.9. The summed E-state index contributed by atoms with van der Waals surface area (Å²) in [7, 11) is 0. The van der Waals surface area contributed by atoms with E-state index in [1.54, 1.807) is 24.3 Å². The molecule has 0 aromatic heterocycles. The van der Waals surface area contributed by atoms with E-state index in [9.17, 15) is 17.6 Å². The van der Waals surface area contributed by atoms with Gasteiger partial charge in [0.25, 0.3) is 0 Å². The first-order valence-corrected chi connectivity index (χ1v) is 36.1. The Morgan fingerprint density at radius 1 is 0.182 bits per heavy atom. The first-order valence-electron chi connectivity index (χ1n) is 36.1. The molecule has 12 aromatic rings. The quantitative estimate of drug-likeness (QED) is 0.0560. The van der Waals surface area contributed by atoms with Crippen LogP contribution in [0.15, 0.2) is 267 Å². The van der Waals surface area contributed by atoms with Gasteiger partial charge in [0.2, 0.25) is 0 Å². The van der Waals surface area contributed by atoms with Gasteiger partial charge in [-0.05, 0) is 204 Å². The molecule has 0 spiro atoms. The van der Waals surface area contributed by atoms with E-state index in [4.69, 9.17) is 0 Å². The molecule has 99 heavy (non-hydrogen) atoms. The van der Waals surface area contributed by atoms with Crippen LogP contribution in [-0.2, 0) is 32.1 Å². The van der Waals surface area contributed by atoms with Crippen molar-refractivity contribution in [3.8, 4) is 89.0 Å². The van der Waals surface area contributed by atoms with Gasteiger partial charge in [-0.25, -0.2) is 17.6 Å². The van der Waals surface area contributed by atoms with Gasteiger partial charge in [-0.2, -0.15) is 0 Å². The minimum atomic E-state index is -0.175. The first-order chi connectivity index (χ1) is 48.2. The third kappa shape index (κ3) is 21.7. The summed E-state index contributed by atoms with van der Waals surface area (Å²) < 4.78 is 58.5. The van der Waals surface area contributed by atoms with Gasteiger partial charge in [0.05, 0.1) is 0 Å². The van der Waals surface area contributed by atoms with Crippen LogP contribution in [-0.4, -0.2) is 0 Å². The summed E-state index contributed by atoms with van der Waals surface area (Å²) in [4.78, 5) is 0. The van der Waals surface area contributed by atoms with Crippen LogP contribution in [0, 0.1) is 44.0 Å². The molecule has 0 bridgehead atoms. The summed E-state index contributed by atoms with van der Waals surface area (Å²) in [6.07, 6.45) is 17.5. The average Bonchev–Trinajstić information content (AvgIpc) is 0.866. The minimum absolute atomic E-state index is 0.163. The number of unbranched alkanes of at least 4 members (excludes halogenated alkanes) is 5. The SMILES string of the molecule is CCCCc1ccc(-c2ccc(-c3ccc(C)cc3)c(F)c2)cc1.CCCCc1ccc(-c2ccc(-c3ccc(C)cc3)c(F)c2)cc1.CCCCc1ccc(-c2ccc(-c3ccc(C)cc3)c(F)c2)cc1.CCCCc1ccc(-c2ccc(-c3ccc(CCCC)cc3)c(F)c2)cc1. The highest BCUT2D eigenvalue weighted by atomic mass is 19.1. The fourth-order valence-electron chi connectivity index (χ4n) is 12.1. The standard InChI is InChI=1S/C26H29F.3C23H23F/c1-3-5-7-20-9-13-22(14-10-20)24-17-18-25(26(27)19-24)23-15-11-21(12-16-23)8-6-4-2;3*1-3-4-5-18-8-12-19(13-9-18)21-14-15-22(23(24)16-21)20-10-6-17(2)7-11-20/h9-19H,3-8H2,1-2H3;3*6-16H,3-5H2,1-2H3. The van der Waals surface area contributed by atoms with Gasteiger partial charge in [0.15, 0.2) is 0 Å². The summed E-state index contributed by atoms with van der Waals surface area (Å²) in [6, 6.07) is 88.2. The highest BCUT2D eigenvalue weighted by Crippen LogP contribution is 2.34. The van der Waals surface area contributed by atoms with Crippen molar-refractivity contribution in [2.24, 2.45) is 0 Å². The van der Waals surface area contributed by atoms with Crippen LogP contribution in [0.3, 0.4) is 0 Å². The molecule has 0 fully saturated rings. The Balaban J connectivity index is 0.000000154. The maximum absolute atomic E-state index is 14.8. The van der Waals surface area contributed by atoms with Crippen molar-refractivity contribution in [2.45, 2.75) is 152 Å². The molecule has 4 heteroatoms. The van der Waals surface area contributed by atoms with Crippen molar-refractivity contribution in [2.75, 3.05) is 0 Å². The van der Waals surface area contributed by atoms with Gasteiger partial charge >= 0.3 is 0 Å². The minimum Gasteiger partial charge on any atom is -0.206 e. The molecule has 0 N–H and O–H groups in total. The Morgan fingerprint density at radius 3 is 0.495 bits per heavy atom. The fraction of sp³-hybridized carbons (Fsp3) is 0.242. The summed E-state index contributed by atoms with van der Waals surface area (Å²) in [5.41, 5.74) is 24.5. The first kappa shape index (κ1) is 73.6. The summed E-state index contributed by atoms with van der Waals surface area (Å²) in [6.45, 7) is 17.1. The Kier molecular flexibility index (Phi) is 28.2. The zero-order valence-electron chi connectivity index (χ0n) is 59.5. The number of benzene rings is 12. The second kappa shape index (κ2) is 37.9. The predicted molar refractivity (Wildman–Crippen MR) is 416 cm³/mol. The number of aryl methyl sites for hydroxylation is 8. The maximum atomic E-state index is 14.8. The van der Waals surface area contributed by atoms with Gasteiger partial charge in [-0.15, -0.1) is 0 Å². The van der Waals surface area contributed by atoms with Gasteiger partial charge in [0.1, 0.15) is 23.3 Å². The number of halogens is 4. The molecular weight excluding hydrogens is 1220 g/mol. The molecule has 12 rings (SSSR count). The lowest BCUT2D eigenvalue weighted by Crippen LogP contribution is -1.89. The Morgan fingerprint density at radius 2 is 0.333 bits per heavy atom. The van der Waals surface area contributed by atoms with Crippen molar-refractivity contribution in [1.29, 1.82) is 0 Å². The third-order valence-electron chi connectivity index (χ3n) is 18.5. The van der Waals surface area contributed by atoms with Crippen LogP contribution in [0.1, 0.15) is 143 Å². The van der Waals surface area contributed by atoms with E-state index in [1.165, 1.54) is 109 Å². The van der Waals surface area contributed by atoms with Crippen molar-refractivity contribution >= 4 is 0 Å². The second-order valence-electron chi connectivity index (χ2n) is 26.4. The highest BCUT2D eigenvalue weighted by molar-refractivity contribution is 5.75. The molecule has 0 atom stereocenters. The van der Waals surface area contributed by atoms with Crippen LogP contribution in [0.4, 0.5) is 17.6 Å². The molecular formula is C95H98F4. The van der Waals surface area contributed by atoms with Crippen LogP contribution in [0.5, 0.6) is 0 Å². The number of hydrogen-bond donors (Lipinski definition) is 0. The summed E-state index contributed by atoms with van der Waals surface area (Å²) in [5, 5.41) is 0. The van der Waals surface area contributed by atoms with E-state index >= 15 is 0 Å². The summed E-state index contributed by atoms with van der Waals surface area (Å²) in [5.74, 6) is -0.687. The Hall–Kier alpha value is -9.64. The molecule has 0 aliphatic carbocycles. The molecule has 0 aliphatic rings. The molecule has 12 aromatic carbocycles. The molecule has 0 saturated carbocycles. The van der Waals surface area contributed by atoms with E-state index in [1.807, 2.05) is 154 Å². The van der Waals surface area contributed by atoms with Gasteiger partial charge in [0, 0.05) is 22.3 Å².